The lowest BCUT2D eigenvalue weighted by atomic mass is 10.00. The largest absolute Gasteiger partial charge is 0.381 e. The third-order valence-electron chi connectivity index (χ3n) is 3.41. The molecule has 2 rings (SSSR count). The first kappa shape index (κ1) is 12.4. The minimum absolute atomic E-state index is 0.00166. The molecule has 2 heterocycles. The number of nitrogens with zero attached hydrogens (tertiary/aromatic N) is 2. The maximum absolute atomic E-state index is 12.0. The van der Waals surface area contributed by atoms with Crippen LogP contribution in [0.15, 0.2) is 17.2 Å². The minimum Gasteiger partial charge on any atom is -0.381 e. The zero-order chi connectivity index (χ0) is 12.4. The first-order valence-electron chi connectivity index (χ1n) is 6.20. The summed E-state index contributed by atoms with van der Waals surface area (Å²) in [5.74, 6) is 0.379. The summed E-state index contributed by atoms with van der Waals surface area (Å²) < 4.78 is 8.73. The summed E-state index contributed by atoms with van der Waals surface area (Å²) in [6.07, 6.45) is 4.64. The van der Waals surface area contributed by atoms with Crippen molar-refractivity contribution in [2.24, 2.45) is 11.7 Å². The third-order valence-corrected chi connectivity index (χ3v) is 3.41. The van der Waals surface area contributed by atoms with Crippen LogP contribution in [-0.2, 0) is 11.3 Å². The fourth-order valence-electron chi connectivity index (χ4n) is 2.23. The van der Waals surface area contributed by atoms with Crippen LogP contribution in [0.25, 0.3) is 0 Å². The Hall–Kier alpha value is -1.07. The lowest BCUT2D eigenvalue weighted by Gasteiger charge is -2.17. The quantitative estimate of drug-likeness (QED) is 0.836. The smallest absolute Gasteiger partial charge is 0.328 e. The van der Waals surface area contributed by atoms with Crippen molar-refractivity contribution in [3.63, 3.8) is 0 Å². The normalized spacial score (nSPS) is 22.2. The van der Waals surface area contributed by atoms with Gasteiger partial charge in [-0.1, -0.05) is 0 Å². The highest BCUT2D eigenvalue weighted by atomic mass is 16.5. The summed E-state index contributed by atoms with van der Waals surface area (Å²) in [6.45, 7) is 6.08. The minimum atomic E-state index is -0.00166. The molecule has 5 heteroatoms. The molecule has 5 nitrogen and oxygen atoms in total. The summed E-state index contributed by atoms with van der Waals surface area (Å²) in [7, 11) is 0. The van der Waals surface area contributed by atoms with E-state index in [4.69, 9.17) is 10.5 Å². The van der Waals surface area contributed by atoms with Crippen molar-refractivity contribution in [1.82, 2.24) is 9.13 Å². The number of hydrogen-bond donors (Lipinski definition) is 1. The highest BCUT2D eigenvalue weighted by molar-refractivity contribution is 4.86. The summed E-state index contributed by atoms with van der Waals surface area (Å²) in [5.41, 5.74) is 6.14. The second-order valence-electron chi connectivity index (χ2n) is 5.02. The SMILES string of the molecule is CC(C)n1ccn(CC(N)C2CCOC2)c1=O. The fourth-order valence-corrected chi connectivity index (χ4v) is 2.23. The number of imidazole rings is 1. The van der Waals surface area contributed by atoms with Gasteiger partial charge in [0.05, 0.1) is 6.61 Å². The van der Waals surface area contributed by atoms with E-state index in [0.29, 0.717) is 12.5 Å². The first-order valence-corrected chi connectivity index (χ1v) is 6.20. The molecule has 1 saturated heterocycles. The van der Waals surface area contributed by atoms with E-state index in [1.807, 2.05) is 26.2 Å². The van der Waals surface area contributed by atoms with Crippen LogP contribution in [-0.4, -0.2) is 28.4 Å². The Kier molecular flexibility index (Phi) is 3.69. The number of ether oxygens (including phenoxy) is 1. The Labute approximate surface area is 101 Å². The molecular formula is C12H21N3O2. The van der Waals surface area contributed by atoms with Gasteiger partial charge in [0.25, 0.3) is 0 Å². The molecular weight excluding hydrogens is 218 g/mol. The van der Waals surface area contributed by atoms with E-state index in [-0.39, 0.29) is 17.8 Å². The summed E-state index contributed by atoms with van der Waals surface area (Å²) >= 11 is 0. The predicted molar refractivity (Wildman–Crippen MR) is 66.0 cm³/mol. The molecule has 0 spiro atoms. The average Bonchev–Trinajstić information content (AvgIpc) is 2.89. The molecule has 2 unspecified atom stereocenters. The van der Waals surface area contributed by atoms with Crippen molar-refractivity contribution in [3.05, 3.63) is 22.9 Å². The van der Waals surface area contributed by atoms with Crippen LogP contribution >= 0.6 is 0 Å². The number of nitrogens with two attached hydrogens (primary N) is 1. The number of aromatic nitrogens is 2. The van der Waals surface area contributed by atoms with Crippen molar-refractivity contribution < 1.29 is 4.74 Å². The van der Waals surface area contributed by atoms with E-state index >= 15 is 0 Å². The highest BCUT2D eigenvalue weighted by Crippen LogP contribution is 2.16. The molecule has 0 aliphatic carbocycles. The molecule has 96 valence electrons. The zero-order valence-electron chi connectivity index (χ0n) is 10.5. The van der Waals surface area contributed by atoms with Gasteiger partial charge in [0.1, 0.15) is 0 Å². The van der Waals surface area contributed by atoms with Gasteiger partial charge in [0.15, 0.2) is 0 Å². The maximum atomic E-state index is 12.0. The maximum Gasteiger partial charge on any atom is 0.328 e. The molecule has 0 saturated carbocycles. The van der Waals surface area contributed by atoms with Crippen LogP contribution < -0.4 is 11.4 Å². The van der Waals surface area contributed by atoms with Gasteiger partial charge in [-0.2, -0.15) is 0 Å². The molecule has 1 aromatic rings. The molecule has 2 atom stereocenters. The Balaban J connectivity index is 2.05. The predicted octanol–water partition coefficient (Wildman–Crippen LogP) is 0.594. The van der Waals surface area contributed by atoms with E-state index in [1.54, 1.807) is 9.13 Å². The molecule has 0 radical (unpaired) electrons. The average molecular weight is 239 g/mol. The Morgan fingerprint density at radius 3 is 2.82 bits per heavy atom. The van der Waals surface area contributed by atoms with Crippen LogP contribution in [0.1, 0.15) is 26.3 Å². The molecule has 1 aromatic heterocycles. The molecule has 0 aromatic carbocycles. The van der Waals surface area contributed by atoms with Gasteiger partial charge >= 0.3 is 5.69 Å². The standard InChI is InChI=1S/C12H21N3O2/c1-9(2)15-5-4-14(12(15)16)7-11(13)10-3-6-17-8-10/h4-5,9-11H,3,6-8,13H2,1-2H3. The van der Waals surface area contributed by atoms with Crippen molar-refractivity contribution in [2.75, 3.05) is 13.2 Å². The second kappa shape index (κ2) is 5.06. The number of rotatable bonds is 4. The summed E-state index contributed by atoms with van der Waals surface area (Å²) in [4.78, 5) is 12.0. The number of hydrogen-bond acceptors (Lipinski definition) is 3. The molecule has 0 amide bonds. The monoisotopic (exact) mass is 239 g/mol. The van der Waals surface area contributed by atoms with E-state index < -0.39 is 0 Å². The second-order valence-corrected chi connectivity index (χ2v) is 5.02. The fraction of sp³-hybridized carbons (Fsp3) is 0.750. The van der Waals surface area contributed by atoms with Crippen LogP contribution in [0.2, 0.25) is 0 Å². The molecule has 17 heavy (non-hydrogen) atoms. The molecule has 2 N–H and O–H groups in total. The lowest BCUT2D eigenvalue weighted by molar-refractivity contribution is 0.178. The van der Waals surface area contributed by atoms with Gasteiger partial charge in [-0.25, -0.2) is 4.79 Å². The van der Waals surface area contributed by atoms with Crippen LogP contribution in [0, 0.1) is 5.92 Å². The Morgan fingerprint density at radius 2 is 2.29 bits per heavy atom. The molecule has 1 fully saturated rings. The molecule has 1 aliphatic rings. The van der Waals surface area contributed by atoms with Gasteiger partial charge in [-0.3, -0.25) is 9.13 Å². The van der Waals surface area contributed by atoms with Gasteiger partial charge in [-0.15, -0.1) is 0 Å². The first-order chi connectivity index (χ1) is 8.09. The van der Waals surface area contributed by atoms with Crippen LogP contribution in [0.3, 0.4) is 0 Å². The van der Waals surface area contributed by atoms with Gasteiger partial charge in [-0.05, 0) is 20.3 Å². The third kappa shape index (κ3) is 2.61. The summed E-state index contributed by atoms with van der Waals surface area (Å²) in [5, 5.41) is 0. The van der Waals surface area contributed by atoms with E-state index in [0.717, 1.165) is 19.6 Å². The van der Waals surface area contributed by atoms with E-state index in [1.165, 1.54) is 0 Å². The Bertz CT molecular complexity index is 416. The zero-order valence-corrected chi connectivity index (χ0v) is 10.5. The van der Waals surface area contributed by atoms with E-state index in [2.05, 4.69) is 0 Å². The van der Waals surface area contributed by atoms with Crippen LogP contribution in [0.4, 0.5) is 0 Å². The van der Waals surface area contributed by atoms with Gasteiger partial charge in [0, 0.05) is 43.5 Å². The summed E-state index contributed by atoms with van der Waals surface area (Å²) in [6, 6.07) is 0.188. The van der Waals surface area contributed by atoms with Crippen molar-refractivity contribution in [2.45, 2.75) is 38.9 Å². The van der Waals surface area contributed by atoms with Crippen molar-refractivity contribution in [3.8, 4) is 0 Å². The van der Waals surface area contributed by atoms with Gasteiger partial charge in [0.2, 0.25) is 0 Å². The molecule has 0 bridgehead atoms. The van der Waals surface area contributed by atoms with Crippen molar-refractivity contribution >= 4 is 0 Å². The van der Waals surface area contributed by atoms with Crippen LogP contribution in [0.5, 0.6) is 0 Å². The topological polar surface area (TPSA) is 62.2 Å². The van der Waals surface area contributed by atoms with Gasteiger partial charge < -0.3 is 10.5 Å². The van der Waals surface area contributed by atoms with Crippen molar-refractivity contribution in [1.29, 1.82) is 0 Å². The Morgan fingerprint density at radius 1 is 1.53 bits per heavy atom. The van der Waals surface area contributed by atoms with E-state index in [9.17, 15) is 4.79 Å². The molecule has 1 aliphatic heterocycles. The lowest BCUT2D eigenvalue weighted by Crippen LogP contribution is -2.38. The highest BCUT2D eigenvalue weighted by Gasteiger charge is 2.23.